The largest absolute Gasteiger partial charge is 0.553 e. The summed E-state index contributed by atoms with van der Waals surface area (Å²) in [6.45, 7) is -0.0335. The number of ether oxygens (including phenoxy) is 4. The number of carbonyl (C=O) groups is 2. The van der Waals surface area contributed by atoms with Crippen molar-refractivity contribution in [3.8, 4) is 0 Å². The minimum atomic E-state index is -1.08. The molecule has 2 aliphatic carbocycles. The van der Waals surface area contributed by atoms with Gasteiger partial charge in [0, 0.05) is 33.2 Å². The molecular weight excluding hydrogens is 520 g/mol. The number of carbonyl (C=O) groups excluding carboxylic acids is 2. The van der Waals surface area contributed by atoms with Crippen molar-refractivity contribution in [2.45, 2.75) is 67.5 Å². The van der Waals surface area contributed by atoms with E-state index >= 15 is 0 Å². The fourth-order valence-electron chi connectivity index (χ4n) is 4.25. The maximum atomic E-state index is 12.6. The molecule has 0 heterocycles. The summed E-state index contributed by atoms with van der Waals surface area (Å²) in [7, 11) is 5.56. The van der Waals surface area contributed by atoms with E-state index in [9.17, 15) is 29.8 Å². The van der Waals surface area contributed by atoms with Crippen LogP contribution in [0.3, 0.4) is 0 Å². The van der Waals surface area contributed by atoms with Gasteiger partial charge in [-0.1, -0.05) is 21.6 Å². The Balaban J connectivity index is 1.95. The van der Waals surface area contributed by atoms with Gasteiger partial charge in [-0.25, -0.2) is 5.41 Å². The van der Waals surface area contributed by atoms with Crippen molar-refractivity contribution < 1.29 is 49.2 Å². The van der Waals surface area contributed by atoms with Crippen molar-refractivity contribution in [2.75, 3.05) is 20.8 Å². The van der Waals surface area contributed by atoms with E-state index in [0.717, 1.165) is 0 Å². The molecule has 0 spiro atoms. The number of nitrogens with zero attached hydrogens (tertiary/aromatic N) is 2. The van der Waals surface area contributed by atoms with Crippen molar-refractivity contribution in [3.05, 3.63) is 20.2 Å². The van der Waals surface area contributed by atoms with E-state index in [2.05, 4.69) is 4.74 Å². The fraction of sp³-hybridized carbons (Fsp3) is 0.800. The molecule has 16 heteroatoms. The maximum Gasteiger partial charge on any atom is 0.553 e. The first-order valence-electron chi connectivity index (χ1n) is 11.4. The first kappa shape index (κ1) is 29.6. The van der Waals surface area contributed by atoms with Crippen LogP contribution in [0.25, 0.3) is 0 Å². The van der Waals surface area contributed by atoms with E-state index in [1.165, 1.54) is 35.8 Å². The molecule has 0 aromatic rings. The van der Waals surface area contributed by atoms with Crippen molar-refractivity contribution in [3.63, 3.8) is 0 Å². The highest BCUT2D eigenvalue weighted by Gasteiger charge is 2.46. The first-order valence-corrected chi connectivity index (χ1v) is 13.6. The molecule has 2 aliphatic rings. The lowest BCUT2D eigenvalue weighted by Crippen LogP contribution is -2.47. The Morgan fingerprint density at radius 2 is 1.36 bits per heavy atom. The molecule has 36 heavy (non-hydrogen) atoms. The van der Waals surface area contributed by atoms with Gasteiger partial charge < -0.3 is 18.9 Å². The Labute approximate surface area is 215 Å². The van der Waals surface area contributed by atoms with Gasteiger partial charge in [-0.15, -0.1) is 0 Å². The van der Waals surface area contributed by atoms with Gasteiger partial charge in [0.25, 0.3) is 0 Å². The molecule has 0 aromatic heterocycles. The highest BCUT2D eigenvalue weighted by atomic mass is 33.1. The lowest BCUT2D eigenvalue weighted by Gasteiger charge is -2.32. The third-order valence-electron chi connectivity index (χ3n) is 6.26. The predicted molar refractivity (Wildman–Crippen MR) is 129 cm³/mol. The highest BCUT2D eigenvalue weighted by molar-refractivity contribution is 8.77. The normalized spacial score (nSPS) is 27.8. The van der Waals surface area contributed by atoms with Gasteiger partial charge in [-0.3, -0.25) is 29.8 Å². The van der Waals surface area contributed by atoms with Crippen molar-refractivity contribution in [1.82, 2.24) is 0 Å². The van der Waals surface area contributed by atoms with E-state index in [1.54, 1.807) is 0 Å². The van der Waals surface area contributed by atoms with Gasteiger partial charge in [-0.05, 0) is 25.7 Å². The Bertz CT molecular complexity index is 860. The topological polar surface area (TPSA) is 209 Å². The van der Waals surface area contributed by atoms with Gasteiger partial charge in [-0.2, -0.15) is 5.41 Å². The minimum absolute atomic E-state index is 0.0335. The van der Waals surface area contributed by atoms with E-state index < -0.39 is 51.8 Å². The van der Waals surface area contributed by atoms with E-state index in [4.69, 9.17) is 25.0 Å². The van der Waals surface area contributed by atoms with Crippen LogP contribution >= 0.6 is 21.6 Å². The molecule has 2 saturated carbocycles. The van der Waals surface area contributed by atoms with Gasteiger partial charge in [0.2, 0.25) is 12.1 Å². The zero-order valence-corrected chi connectivity index (χ0v) is 21.7. The summed E-state index contributed by atoms with van der Waals surface area (Å²) < 4.78 is 19.5. The average molecular weight is 553 g/mol. The van der Waals surface area contributed by atoms with Crippen molar-refractivity contribution in [2.24, 2.45) is 11.8 Å². The summed E-state index contributed by atoms with van der Waals surface area (Å²) in [4.78, 5) is 47.1. The smallest absolute Gasteiger partial charge is 0.465 e. The highest BCUT2D eigenvalue weighted by Crippen LogP contribution is 2.45. The Kier molecular flexibility index (Phi) is 11.7. The molecule has 2 fully saturated rings. The average Bonchev–Trinajstić information content (AvgIpc) is 2.86. The van der Waals surface area contributed by atoms with E-state index in [-0.39, 0.29) is 55.1 Å². The lowest BCUT2D eigenvalue weighted by molar-refractivity contribution is -0.533. The fourth-order valence-corrected chi connectivity index (χ4v) is 7.60. The zero-order valence-electron chi connectivity index (χ0n) is 20.1. The lowest BCUT2D eigenvalue weighted by atomic mass is 9.84. The summed E-state index contributed by atoms with van der Waals surface area (Å²) in [6.07, 6.45) is 1.67. The summed E-state index contributed by atoms with van der Waals surface area (Å²) in [5.74, 6) is -3.14. The maximum absolute atomic E-state index is 12.6. The van der Waals surface area contributed by atoms with Gasteiger partial charge in [0.05, 0.1) is 14.2 Å². The number of hydrogen-bond acceptors (Lipinski definition) is 12. The quantitative estimate of drug-likeness (QED) is 0.0838. The van der Waals surface area contributed by atoms with E-state index in [0.29, 0.717) is 12.8 Å². The van der Waals surface area contributed by atoms with Crippen LogP contribution in [0.4, 0.5) is 0 Å². The van der Waals surface area contributed by atoms with Crippen molar-refractivity contribution in [1.29, 1.82) is 0 Å². The van der Waals surface area contributed by atoms with Crippen LogP contribution in [0.15, 0.2) is 0 Å². The molecule has 0 aromatic carbocycles. The standard InChI is InChI=1S/C20H30N4O10S2/c1-31-17(21)7-8-33-18(25)13-9-11(3-5-15(13)23(27)28)35-36-12-4-6-16(24(29)30)14(10-12)19(26)34-20(22)32-2/h11-16,21-22H,3-10H2,1-2H3/p+2. The number of nitro groups is 2. The Morgan fingerprint density at radius 1 is 0.861 bits per heavy atom. The van der Waals surface area contributed by atoms with Gasteiger partial charge in [0.15, 0.2) is 0 Å². The van der Waals surface area contributed by atoms with Crippen LogP contribution in [0.2, 0.25) is 0 Å². The van der Waals surface area contributed by atoms with Crippen LogP contribution in [-0.2, 0) is 28.5 Å². The second kappa shape index (κ2) is 14.2. The molecule has 14 nitrogen and oxygen atoms in total. The van der Waals surface area contributed by atoms with Crippen LogP contribution in [0.1, 0.15) is 44.9 Å². The molecule has 4 N–H and O–H groups in total. The van der Waals surface area contributed by atoms with Crippen molar-refractivity contribution >= 4 is 45.5 Å². The zero-order chi connectivity index (χ0) is 26.8. The molecular formula is C20H32N4O10S2+2. The second-order valence-electron chi connectivity index (χ2n) is 8.51. The number of hydrogen-bond donors (Lipinski definition) is 2. The number of methoxy groups -OCH3 is 2. The summed E-state index contributed by atoms with van der Waals surface area (Å²) >= 11 is 0. The third kappa shape index (κ3) is 8.50. The van der Waals surface area contributed by atoms with Gasteiger partial charge in [0.1, 0.15) is 24.9 Å². The molecule has 0 aliphatic heterocycles. The minimum Gasteiger partial charge on any atom is -0.465 e. The monoisotopic (exact) mass is 552 g/mol. The molecule has 0 bridgehead atoms. The van der Waals surface area contributed by atoms with Crippen LogP contribution < -0.4 is 10.8 Å². The Hall–Kier alpha value is -2.62. The summed E-state index contributed by atoms with van der Waals surface area (Å²) in [5, 5.41) is 33.8. The SMILES string of the molecule is COC(=[NH2+])CCOC(=O)C1CC(SSC2CCC([N+](=O)[O-])C(C(=O)OC(=[NH2+])OC)C2)CCC1[N+](=O)[O-]. The van der Waals surface area contributed by atoms with E-state index in [1.807, 2.05) is 0 Å². The second-order valence-corrected chi connectivity index (χ2v) is 11.4. The van der Waals surface area contributed by atoms with Gasteiger partial charge >= 0.3 is 23.9 Å². The third-order valence-corrected chi connectivity index (χ3v) is 9.74. The summed E-state index contributed by atoms with van der Waals surface area (Å²) in [6, 6.07) is -2.11. The molecule has 0 saturated heterocycles. The molecule has 202 valence electrons. The Morgan fingerprint density at radius 3 is 1.81 bits per heavy atom. The molecule has 6 atom stereocenters. The van der Waals surface area contributed by atoms with Crippen LogP contribution in [-0.4, -0.2) is 77.2 Å². The predicted octanol–water partition coefficient (Wildman–Crippen LogP) is -0.962. The van der Waals surface area contributed by atoms with Crippen LogP contribution in [0, 0.1) is 32.1 Å². The molecule has 0 amide bonds. The van der Waals surface area contributed by atoms with Crippen LogP contribution in [0.5, 0.6) is 0 Å². The number of rotatable bonds is 10. The number of esters is 2. The number of nitrogens with two attached hydrogens (primary N) is 2. The molecule has 0 radical (unpaired) electrons. The molecule has 6 unspecified atom stereocenters. The summed E-state index contributed by atoms with van der Waals surface area (Å²) in [5.41, 5.74) is 0. The first-order chi connectivity index (χ1) is 17.1. The molecule has 2 rings (SSSR count).